The number of nitrogens with two attached hydrogens (primary N) is 1. The number of amides is 1. The molecular formula is C17H21N3O2. The van der Waals surface area contributed by atoms with Crippen LogP contribution in [0.15, 0.2) is 34.9 Å². The molecule has 3 N–H and O–H groups in total. The zero-order valence-electron chi connectivity index (χ0n) is 12.7. The summed E-state index contributed by atoms with van der Waals surface area (Å²) in [5.41, 5.74) is 7.92. The summed E-state index contributed by atoms with van der Waals surface area (Å²) in [5, 5.41) is 7.15. The van der Waals surface area contributed by atoms with E-state index in [4.69, 9.17) is 10.3 Å². The first kappa shape index (κ1) is 14.8. The number of benzene rings is 1. The van der Waals surface area contributed by atoms with Gasteiger partial charge >= 0.3 is 0 Å². The largest absolute Gasteiger partial charge is 0.360 e. The number of carbonyl (C=O) groups is 1. The highest BCUT2D eigenvalue weighted by atomic mass is 16.5. The van der Waals surface area contributed by atoms with Crippen molar-refractivity contribution < 1.29 is 9.32 Å². The first-order valence-electron chi connectivity index (χ1n) is 7.73. The lowest BCUT2D eigenvalue weighted by Gasteiger charge is -2.26. The molecule has 0 saturated heterocycles. The van der Waals surface area contributed by atoms with Gasteiger partial charge in [-0.05, 0) is 32.6 Å². The van der Waals surface area contributed by atoms with E-state index >= 15 is 0 Å². The van der Waals surface area contributed by atoms with Gasteiger partial charge in [-0.25, -0.2) is 0 Å². The van der Waals surface area contributed by atoms with E-state index in [-0.39, 0.29) is 18.0 Å². The van der Waals surface area contributed by atoms with Crippen LogP contribution in [0.4, 0.5) is 0 Å². The maximum Gasteiger partial charge on any atom is 0.257 e. The molecule has 5 heteroatoms. The van der Waals surface area contributed by atoms with E-state index in [2.05, 4.69) is 10.5 Å². The number of carbonyl (C=O) groups excluding carboxylic acids is 1. The second-order valence-electron chi connectivity index (χ2n) is 5.91. The predicted molar refractivity (Wildman–Crippen MR) is 84.4 cm³/mol. The minimum Gasteiger partial charge on any atom is -0.360 e. The third-order valence-electron chi connectivity index (χ3n) is 4.24. The Hall–Kier alpha value is -2.14. The van der Waals surface area contributed by atoms with Crippen LogP contribution in [0.3, 0.4) is 0 Å². The molecule has 1 amide bonds. The summed E-state index contributed by atoms with van der Waals surface area (Å²) in [4.78, 5) is 12.6. The van der Waals surface area contributed by atoms with Crippen LogP contribution in [0.25, 0.3) is 11.3 Å². The summed E-state index contributed by atoms with van der Waals surface area (Å²) in [6.45, 7) is 1.77. The lowest BCUT2D eigenvalue weighted by molar-refractivity contribution is 0.0925. The highest BCUT2D eigenvalue weighted by Gasteiger charge is 2.25. The Morgan fingerprint density at radius 2 is 1.91 bits per heavy atom. The van der Waals surface area contributed by atoms with Crippen LogP contribution < -0.4 is 11.1 Å². The van der Waals surface area contributed by atoms with Crippen LogP contribution in [0, 0.1) is 6.92 Å². The SMILES string of the molecule is Cc1onc(-c2ccccc2)c1C(=O)NC1CCC(N)CC1. The normalized spacial score (nSPS) is 21.5. The molecule has 0 aliphatic heterocycles. The van der Waals surface area contributed by atoms with Crippen molar-refractivity contribution in [1.29, 1.82) is 0 Å². The van der Waals surface area contributed by atoms with Crippen molar-refractivity contribution in [2.45, 2.75) is 44.7 Å². The van der Waals surface area contributed by atoms with Crippen molar-refractivity contribution in [1.82, 2.24) is 10.5 Å². The van der Waals surface area contributed by atoms with E-state index in [1.165, 1.54) is 0 Å². The van der Waals surface area contributed by atoms with Gasteiger partial charge in [-0.2, -0.15) is 0 Å². The van der Waals surface area contributed by atoms with E-state index in [0.717, 1.165) is 31.2 Å². The van der Waals surface area contributed by atoms with Crippen molar-refractivity contribution in [3.63, 3.8) is 0 Å². The first-order chi connectivity index (χ1) is 10.6. The Labute approximate surface area is 129 Å². The van der Waals surface area contributed by atoms with Gasteiger partial charge in [-0.3, -0.25) is 4.79 Å². The molecule has 0 unspecified atom stereocenters. The highest BCUT2D eigenvalue weighted by molar-refractivity contribution is 6.00. The summed E-state index contributed by atoms with van der Waals surface area (Å²) in [6.07, 6.45) is 3.77. The molecule has 2 aromatic rings. The van der Waals surface area contributed by atoms with Crippen LogP contribution in [0.5, 0.6) is 0 Å². The van der Waals surface area contributed by atoms with Gasteiger partial charge in [0.1, 0.15) is 17.0 Å². The van der Waals surface area contributed by atoms with Gasteiger partial charge in [0.25, 0.3) is 5.91 Å². The number of nitrogens with one attached hydrogen (secondary N) is 1. The van der Waals surface area contributed by atoms with E-state index in [0.29, 0.717) is 17.0 Å². The molecular weight excluding hydrogens is 278 g/mol. The zero-order valence-corrected chi connectivity index (χ0v) is 12.7. The second-order valence-corrected chi connectivity index (χ2v) is 5.91. The van der Waals surface area contributed by atoms with Crippen molar-refractivity contribution in [3.8, 4) is 11.3 Å². The van der Waals surface area contributed by atoms with Gasteiger partial charge in [-0.1, -0.05) is 35.5 Å². The van der Waals surface area contributed by atoms with Gasteiger partial charge in [0.15, 0.2) is 0 Å². The highest BCUT2D eigenvalue weighted by Crippen LogP contribution is 2.26. The molecule has 1 aliphatic carbocycles. The Bertz CT molecular complexity index is 643. The smallest absolute Gasteiger partial charge is 0.257 e. The summed E-state index contributed by atoms with van der Waals surface area (Å²) < 4.78 is 5.25. The van der Waals surface area contributed by atoms with Crippen LogP contribution >= 0.6 is 0 Å². The maximum atomic E-state index is 12.6. The van der Waals surface area contributed by atoms with E-state index in [9.17, 15) is 4.79 Å². The van der Waals surface area contributed by atoms with Gasteiger partial charge in [-0.15, -0.1) is 0 Å². The number of aromatic nitrogens is 1. The number of nitrogens with zero attached hydrogens (tertiary/aromatic N) is 1. The maximum absolute atomic E-state index is 12.6. The number of hydrogen-bond acceptors (Lipinski definition) is 4. The van der Waals surface area contributed by atoms with E-state index in [1.54, 1.807) is 6.92 Å². The fourth-order valence-corrected chi connectivity index (χ4v) is 2.95. The predicted octanol–water partition coefficient (Wildman–Crippen LogP) is 2.65. The van der Waals surface area contributed by atoms with Crippen molar-refractivity contribution in [3.05, 3.63) is 41.7 Å². The van der Waals surface area contributed by atoms with Crippen molar-refractivity contribution in [2.24, 2.45) is 5.73 Å². The molecule has 0 radical (unpaired) electrons. The molecule has 0 spiro atoms. The van der Waals surface area contributed by atoms with Crippen LogP contribution in [-0.4, -0.2) is 23.1 Å². The molecule has 116 valence electrons. The minimum absolute atomic E-state index is 0.113. The van der Waals surface area contributed by atoms with Crippen molar-refractivity contribution >= 4 is 5.91 Å². The standard InChI is InChI=1S/C17H21N3O2/c1-11-15(16(20-22-11)12-5-3-2-4-6-12)17(21)19-14-9-7-13(18)8-10-14/h2-6,13-14H,7-10,18H2,1H3,(H,19,21). The Kier molecular flexibility index (Phi) is 4.24. The third-order valence-corrected chi connectivity index (χ3v) is 4.24. The quantitative estimate of drug-likeness (QED) is 0.913. The van der Waals surface area contributed by atoms with Crippen molar-refractivity contribution in [2.75, 3.05) is 0 Å². The Morgan fingerprint density at radius 1 is 1.23 bits per heavy atom. The van der Waals surface area contributed by atoms with Gasteiger partial charge < -0.3 is 15.6 Å². The average molecular weight is 299 g/mol. The summed E-state index contributed by atoms with van der Waals surface area (Å²) in [5.74, 6) is 0.432. The zero-order chi connectivity index (χ0) is 15.5. The fourth-order valence-electron chi connectivity index (χ4n) is 2.95. The molecule has 1 aromatic heterocycles. The average Bonchev–Trinajstić information content (AvgIpc) is 2.92. The summed E-state index contributed by atoms with van der Waals surface area (Å²) in [7, 11) is 0. The molecule has 1 aliphatic rings. The molecule has 3 rings (SSSR count). The molecule has 1 saturated carbocycles. The third kappa shape index (κ3) is 3.04. The molecule has 22 heavy (non-hydrogen) atoms. The number of rotatable bonds is 3. The number of hydrogen-bond donors (Lipinski definition) is 2. The van der Waals surface area contributed by atoms with Gasteiger partial charge in [0.05, 0.1) is 0 Å². The Morgan fingerprint density at radius 3 is 2.59 bits per heavy atom. The monoisotopic (exact) mass is 299 g/mol. The summed E-state index contributed by atoms with van der Waals surface area (Å²) >= 11 is 0. The van der Waals surface area contributed by atoms with E-state index < -0.39 is 0 Å². The molecule has 1 heterocycles. The lowest BCUT2D eigenvalue weighted by Crippen LogP contribution is -2.40. The first-order valence-corrected chi connectivity index (χ1v) is 7.73. The molecule has 1 aromatic carbocycles. The molecule has 5 nitrogen and oxygen atoms in total. The Balaban J connectivity index is 1.79. The summed E-state index contributed by atoms with van der Waals surface area (Å²) in [6, 6.07) is 10.1. The van der Waals surface area contributed by atoms with Crippen LogP contribution in [0.2, 0.25) is 0 Å². The van der Waals surface area contributed by atoms with Gasteiger partial charge in [0, 0.05) is 17.6 Å². The van der Waals surface area contributed by atoms with Crippen LogP contribution in [0.1, 0.15) is 41.8 Å². The molecule has 0 atom stereocenters. The fraction of sp³-hybridized carbons (Fsp3) is 0.412. The lowest BCUT2D eigenvalue weighted by atomic mass is 9.91. The molecule has 0 bridgehead atoms. The number of aryl methyl sites for hydroxylation is 1. The minimum atomic E-state index is -0.113. The van der Waals surface area contributed by atoms with E-state index in [1.807, 2.05) is 30.3 Å². The topological polar surface area (TPSA) is 81.2 Å². The molecule has 1 fully saturated rings. The van der Waals surface area contributed by atoms with Crippen LogP contribution in [-0.2, 0) is 0 Å². The second kappa shape index (κ2) is 6.32. The van der Waals surface area contributed by atoms with Gasteiger partial charge in [0.2, 0.25) is 0 Å².